The predicted molar refractivity (Wildman–Crippen MR) is 143 cm³/mol. The molecule has 1 aromatic carbocycles. The van der Waals surface area contributed by atoms with Gasteiger partial charge in [0.1, 0.15) is 17.7 Å². The molecule has 8 nitrogen and oxygen atoms in total. The number of unbranched alkanes of at least 4 members (excludes halogenated alkanes) is 4. The van der Waals surface area contributed by atoms with E-state index in [0.717, 1.165) is 48.8 Å². The maximum absolute atomic E-state index is 13.8. The fourth-order valence-corrected chi connectivity index (χ4v) is 3.94. The first-order chi connectivity index (χ1) is 17.0. The van der Waals surface area contributed by atoms with Gasteiger partial charge in [0.05, 0.1) is 6.61 Å². The summed E-state index contributed by atoms with van der Waals surface area (Å²) in [5.41, 5.74) is 1.93. The van der Waals surface area contributed by atoms with E-state index in [2.05, 4.69) is 24.5 Å². The number of aryl methyl sites for hydroxylation is 1. The first-order valence-electron chi connectivity index (χ1n) is 13.2. The Morgan fingerprint density at radius 3 is 2.25 bits per heavy atom. The number of alkyl carbamates (subject to hydrolysis) is 1. The van der Waals surface area contributed by atoms with Gasteiger partial charge in [-0.05, 0) is 64.2 Å². The number of benzene rings is 1. The van der Waals surface area contributed by atoms with Crippen molar-refractivity contribution >= 4 is 17.9 Å². The topological polar surface area (TPSA) is 108 Å². The molecule has 0 heterocycles. The SMILES string of the molecule is CCCCCNC(=O)C(c1cccc(C)c1C)N(CCCCC)C(=O)C(CO)NC(=O)OC(C)(C)C. The van der Waals surface area contributed by atoms with Crippen LogP contribution in [0.25, 0.3) is 0 Å². The van der Waals surface area contributed by atoms with Crippen molar-refractivity contribution in [2.24, 2.45) is 0 Å². The monoisotopic (exact) mass is 505 g/mol. The Kier molecular flexibility index (Phi) is 13.5. The summed E-state index contributed by atoms with van der Waals surface area (Å²) >= 11 is 0. The lowest BCUT2D eigenvalue weighted by Gasteiger charge is -2.35. The molecule has 0 aliphatic rings. The van der Waals surface area contributed by atoms with Crippen LogP contribution in [0, 0.1) is 13.8 Å². The van der Waals surface area contributed by atoms with E-state index >= 15 is 0 Å². The van der Waals surface area contributed by atoms with Gasteiger partial charge >= 0.3 is 6.09 Å². The fraction of sp³-hybridized carbons (Fsp3) is 0.679. The molecular formula is C28H47N3O5. The zero-order chi connectivity index (χ0) is 27.3. The third-order valence-electron chi connectivity index (χ3n) is 6.04. The van der Waals surface area contributed by atoms with E-state index in [1.807, 2.05) is 32.0 Å². The van der Waals surface area contributed by atoms with Gasteiger partial charge in [-0.25, -0.2) is 4.79 Å². The second kappa shape index (κ2) is 15.5. The largest absolute Gasteiger partial charge is 0.444 e. The summed E-state index contributed by atoms with van der Waals surface area (Å²) in [6, 6.07) is 3.60. The Bertz CT molecular complexity index is 850. The van der Waals surface area contributed by atoms with E-state index < -0.39 is 36.3 Å². The molecular weight excluding hydrogens is 458 g/mol. The van der Waals surface area contributed by atoms with E-state index in [-0.39, 0.29) is 5.91 Å². The van der Waals surface area contributed by atoms with E-state index in [9.17, 15) is 19.5 Å². The first kappa shape index (κ1) is 31.4. The van der Waals surface area contributed by atoms with Crippen molar-refractivity contribution < 1.29 is 24.2 Å². The normalized spacial score (nSPS) is 13.0. The summed E-state index contributed by atoms with van der Waals surface area (Å²) in [5.74, 6) is -0.785. The second-order valence-corrected chi connectivity index (χ2v) is 10.3. The van der Waals surface area contributed by atoms with Crippen molar-refractivity contribution in [3.63, 3.8) is 0 Å². The highest BCUT2D eigenvalue weighted by Crippen LogP contribution is 2.28. The van der Waals surface area contributed by atoms with E-state index in [1.165, 1.54) is 4.90 Å². The van der Waals surface area contributed by atoms with Crippen LogP contribution in [0.5, 0.6) is 0 Å². The highest BCUT2D eigenvalue weighted by atomic mass is 16.6. The van der Waals surface area contributed by atoms with Crippen LogP contribution in [0.4, 0.5) is 4.79 Å². The lowest BCUT2D eigenvalue weighted by molar-refractivity contribution is -0.143. The van der Waals surface area contributed by atoms with Crippen LogP contribution in [-0.2, 0) is 14.3 Å². The Balaban J connectivity index is 3.40. The molecule has 1 rings (SSSR count). The van der Waals surface area contributed by atoms with Crippen molar-refractivity contribution in [1.82, 2.24) is 15.5 Å². The Labute approximate surface area is 217 Å². The molecule has 0 saturated heterocycles. The fourth-order valence-electron chi connectivity index (χ4n) is 3.94. The molecule has 2 unspecified atom stereocenters. The number of nitrogens with zero attached hydrogens (tertiary/aromatic N) is 1. The van der Waals surface area contributed by atoms with Crippen LogP contribution in [-0.4, -0.2) is 59.3 Å². The molecule has 0 aromatic heterocycles. The number of aliphatic hydroxyl groups is 1. The molecule has 36 heavy (non-hydrogen) atoms. The first-order valence-corrected chi connectivity index (χ1v) is 13.2. The molecule has 0 aliphatic heterocycles. The molecule has 0 aliphatic carbocycles. The molecule has 0 fully saturated rings. The number of ether oxygens (including phenoxy) is 1. The lowest BCUT2D eigenvalue weighted by atomic mass is 9.94. The van der Waals surface area contributed by atoms with Crippen molar-refractivity contribution in [2.75, 3.05) is 19.7 Å². The van der Waals surface area contributed by atoms with Crippen LogP contribution in [0.1, 0.15) is 95.9 Å². The van der Waals surface area contributed by atoms with E-state index in [1.54, 1.807) is 20.8 Å². The number of hydrogen-bond donors (Lipinski definition) is 3. The third-order valence-corrected chi connectivity index (χ3v) is 6.04. The van der Waals surface area contributed by atoms with Gasteiger partial charge in [-0.3, -0.25) is 9.59 Å². The van der Waals surface area contributed by atoms with Crippen LogP contribution >= 0.6 is 0 Å². The summed E-state index contributed by atoms with van der Waals surface area (Å²) in [6.45, 7) is 13.5. The summed E-state index contributed by atoms with van der Waals surface area (Å²) in [7, 11) is 0. The number of rotatable bonds is 14. The van der Waals surface area contributed by atoms with Crippen molar-refractivity contribution in [1.29, 1.82) is 0 Å². The van der Waals surface area contributed by atoms with Crippen LogP contribution in [0.3, 0.4) is 0 Å². The quantitative estimate of drug-likeness (QED) is 0.321. The standard InChI is InChI=1S/C28H47N3O5/c1-8-10-12-17-29-25(33)24(22-16-14-15-20(3)21(22)4)31(18-13-11-9-2)26(34)23(19-32)30-27(35)36-28(5,6)7/h14-16,23-24,32H,8-13,17-19H2,1-7H3,(H,29,33)(H,30,35). The molecule has 8 heteroatoms. The predicted octanol–water partition coefficient (Wildman–Crippen LogP) is 4.56. The van der Waals surface area contributed by atoms with Gasteiger partial charge in [0.15, 0.2) is 0 Å². The van der Waals surface area contributed by atoms with Gasteiger partial charge in [0, 0.05) is 13.1 Å². The molecule has 3 amide bonds. The lowest BCUT2D eigenvalue weighted by Crippen LogP contribution is -2.54. The van der Waals surface area contributed by atoms with Crippen molar-refractivity contribution in [3.8, 4) is 0 Å². The molecule has 0 spiro atoms. The maximum Gasteiger partial charge on any atom is 0.408 e. The highest BCUT2D eigenvalue weighted by Gasteiger charge is 2.36. The second-order valence-electron chi connectivity index (χ2n) is 10.3. The van der Waals surface area contributed by atoms with Gasteiger partial charge < -0.3 is 25.4 Å². The number of carbonyl (C=O) groups is 3. The molecule has 204 valence electrons. The molecule has 2 atom stereocenters. The number of nitrogens with one attached hydrogen (secondary N) is 2. The Morgan fingerprint density at radius 1 is 1.03 bits per heavy atom. The maximum atomic E-state index is 13.8. The summed E-state index contributed by atoms with van der Waals surface area (Å²) < 4.78 is 5.29. The molecule has 3 N–H and O–H groups in total. The molecule has 0 radical (unpaired) electrons. The van der Waals surface area contributed by atoms with E-state index in [4.69, 9.17) is 4.74 Å². The smallest absolute Gasteiger partial charge is 0.408 e. The minimum atomic E-state index is -1.23. The molecule has 1 aromatic rings. The average molecular weight is 506 g/mol. The minimum absolute atomic E-state index is 0.265. The summed E-state index contributed by atoms with van der Waals surface area (Å²) in [4.78, 5) is 41.3. The van der Waals surface area contributed by atoms with Crippen molar-refractivity contribution in [2.45, 2.75) is 105 Å². The van der Waals surface area contributed by atoms with Crippen molar-refractivity contribution in [3.05, 3.63) is 34.9 Å². The van der Waals surface area contributed by atoms with Crippen LogP contribution in [0.15, 0.2) is 18.2 Å². The number of amides is 3. The van der Waals surface area contributed by atoms with E-state index in [0.29, 0.717) is 19.5 Å². The Hall–Kier alpha value is -2.61. The number of hydrogen-bond acceptors (Lipinski definition) is 5. The highest BCUT2D eigenvalue weighted by molar-refractivity contribution is 5.92. The number of carbonyl (C=O) groups excluding carboxylic acids is 3. The van der Waals surface area contributed by atoms with Gasteiger partial charge in [-0.2, -0.15) is 0 Å². The van der Waals surface area contributed by atoms with Gasteiger partial charge in [0.25, 0.3) is 0 Å². The van der Waals surface area contributed by atoms with Gasteiger partial charge in [0.2, 0.25) is 11.8 Å². The molecule has 0 saturated carbocycles. The summed E-state index contributed by atoms with van der Waals surface area (Å²) in [6.07, 6.45) is 4.61. The third kappa shape index (κ3) is 10.2. The summed E-state index contributed by atoms with van der Waals surface area (Å²) in [5, 5.41) is 15.5. The van der Waals surface area contributed by atoms with Gasteiger partial charge in [-0.15, -0.1) is 0 Å². The number of aliphatic hydroxyl groups excluding tert-OH is 1. The van der Waals surface area contributed by atoms with Crippen LogP contribution in [0.2, 0.25) is 0 Å². The zero-order valence-corrected chi connectivity index (χ0v) is 23.3. The minimum Gasteiger partial charge on any atom is -0.444 e. The zero-order valence-electron chi connectivity index (χ0n) is 23.3. The van der Waals surface area contributed by atoms with Gasteiger partial charge in [-0.1, -0.05) is 57.7 Å². The molecule has 0 bridgehead atoms. The Morgan fingerprint density at radius 2 is 1.67 bits per heavy atom. The average Bonchev–Trinajstić information content (AvgIpc) is 2.80. The van der Waals surface area contributed by atoms with Crippen LogP contribution < -0.4 is 10.6 Å².